The monoisotopic (exact) mass is 578 g/mol. The number of aliphatic hydroxyl groups excluding tert-OH is 1. The Hall–Kier alpha value is -2.35. The van der Waals surface area contributed by atoms with Crippen molar-refractivity contribution in [3.8, 4) is 0 Å². The fourth-order valence-corrected chi connectivity index (χ4v) is 10.9. The standard InChI is InChI=1S/C24H34N6O5S2Si/c1-6-38(7-2,8-3)35-15(9-27-28-25)11-36-21-23-29(12-26-21)10-16(37-23)17-13(4)19-18(14(5)31)22(32)30(19)20(17)24(33)34/h10,12-15,18-19,31H,6-9,11H2,1-5H3,(H,33,34)/t13-,14+,15+,18+,19+/m0/s1. The molecule has 38 heavy (non-hydrogen) atoms. The highest BCUT2D eigenvalue weighted by Gasteiger charge is 2.60. The summed E-state index contributed by atoms with van der Waals surface area (Å²) in [4.78, 5) is 35.4. The summed E-state index contributed by atoms with van der Waals surface area (Å²) in [6, 6.07) is 2.62. The second kappa shape index (κ2) is 11.4. The first-order valence-electron chi connectivity index (χ1n) is 12.9. The van der Waals surface area contributed by atoms with Gasteiger partial charge in [-0.25, -0.2) is 9.78 Å². The van der Waals surface area contributed by atoms with Crippen molar-refractivity contribution in [1.82, 2.24) is 14.3 Å². The number of carboxylic acids is 1. The predicted octanol–water partition coefficient (Wildman–Crippen LogP) is 4.84. The summed E-state index contributed by atoms with van der Waals surface area (Å²) in [7, 11) is -1.90. The van der Waals surface area contributed by atoms with E-state index in [1.807, 2.05) is 17.5 Å². The van der Waals surface area contributed by atoms with Crippen LogP contribution >= 0.6 is 23.1 Å². The molecule has 0 saturated carbocycles. The molecule has 2 aliphatic rings. The molecule has 0 aliphatic carbocycles. The molecule has 0 unspecified atom stereocenters. The zero-order valence-electron chi connectivity index (χ0n) is 22.2. The molecule has 0 radical (unpaired) electrons. The average molecular weight is 579 g/mol. The molecule has 4 rings (SSSR count). The topological polar surface area (TPSA) is 153 Å². The number of aliphatic hydroxyl groups is 1. The molecule has 2 aliphatic heterocycles. The number of hydrogen-bond acceptors (Lipinski definition) is 8. The largest absolute Gasteiger partial charge is 0.477 e. The van der Waals surface area contributed by atoms with Crippen LogP contribution in [0.3, 0.4) is 0 Å². The molecule has 2 N–H and O–H groups in total. The Morgan fingerprint density at radius 1 is 1.37 bits per heavy atom. The van der Waals surface area contributed by atoms with Crippen molar-refractivity contribution >= 4 is 53.7 Å². The minimum Gasteiger partial charge on any atom is -0.477 e. The smallest absolute Gasteiger partial charge is 0.352 e. The number of rotatable bonds is 13. The summed E-state index contributed by atoms with van der Waals surface area (Å²) < 4.78 is 8.47. The van der Waals surface area contributed by atoms with Crippen molar-refractivity contribution in [1.29, 1.82) is 0 Å². The maximum absolute atomic E-state index is 12.7. The van der Waals surface area contributed by atoms with E-state index in [4.69, 9.17) is 9.96 Å². The lowest BCUT2D eigenvalue weighted by molar-refractivity contribution is -0.163. The Kier molecular flexibility index (Phi) is 8.60. The van der Waals surface area contributed by atoms with E-state index in [0.29, 0.717) is 11.3 Å². The third kappa shape index (κ3) is 4.89. The molecule has 2 aromatic rings. The van der Waals surface area contributed by atoms with E-state index in [0.717, 1.165) is 32.9 Å². The van der Waals surface area contributed by atoms with E-state index in [9.17, 15) is 19.8 Å². The minimum atomic E-state index is -1.90. The molecule has 0 spiro atoms. The normalized spacial score (nSPS) is 22.8. The lowest BCUT2D eigenvalue weighted by Crippen LogP contribution is -2.63. The number of azide groups is 1. The molecule has 11 nitrogen and oxygen atoms in total. The van der Waals surface area contributed by atoms with Gasteiger partial charge in [-0.2, -0.15) is 0 Å². The van der Waals surface area contributed by atoms with Crippen molar-refractivity contribution in [2.24, 2.45) is 17.0 Å². The zero-order chi connectivity index (χ0) is 27.8. The van der Waals surface area contributed by atoms with Gasteiger partial charge in [-0.1, -0.05) is 32.8 Å². The lowest BCUT2D eigenvalue weighted by atomic mass is 9.77. The summed E-state index contributed by atoms with van der Waals surface area (Å²) in [6.45, 7) is 10.2. The van der Waals surface area contributed by atoms with E-state index in [1.54, 1.807) is 13.3 Å². The highest BCUT2D eigenvalue weighted by molar-refractivity contribution is 7.99. The van der Waals surface area contributed by atoms with Crippen molar-refractivity contribution < 1.29 is 24.2 Å². The Labute approximate surface area is 230 Å². The van der Waals surface area contributed by atoms with Crippen LogP contribution < -0.4 is 0 Å². The predicted molar refractivity (Wildman–Crippen MR) is 149 cm³/mol. The number of β-lactam (4-membered cyclic amide) rings is 1. The maximum Gasteiger partial charge on any atom is 0.352 e. The van der Waals surface area contributed by atoms with E-state index >= 15 is 0 Å². The number of carbonyl (C=O) groups is 2. The highest BCUT2D eigenvalue weighted by atomic mass is 32.2. The first-order chi connectivity index (χ1) is 18.1. The van der Waals surface area contributed by atoms with Gasteiger partial charge in [0.25, 0.3) is 0 Å². The number of aliphatic carboxylic acids is 1. The molecule has 14 heteroatoms. The third-order valence-corrected chi connectivity index (χ3v) is 15.0. The van der Waals surface area contributed by atoms with E-state index in [-0.39, 0.29) is 36.2 Å². The molecule has 4 heterocycles. The van der Waals surface area contributed by atoms with Gasteiger partial charge < -0.3 is 19.5 Å². The number of carboxylic acid groups (broad SMARTS) is 1. The molecule has 2 aromatic heterocycles. The molecule has 1 amide bonds. The zero-order valence-corrected chi connectivity index (χ0v) is 24.8. The first-order valence-corrected chi connectivity index (χ1v) is 17.2. The molecular weight excluding hydrogens is 545 g/mol. The number of hydrogen-bond donors (Lipinski definition) is 2. The molecule has 5 atom stereocenters. The van der Waals surface area contributed by atoms with Crippen LogP contribution in [-0.4, -0.2) is 75.2 Å². The van der Waals surface area contributed by atoms with Crippen LogP contribution in [0.25, 0.3) is 20.8 Å². The van der Waals surface area contributed by atoms with Crippen LogP contribution in [0.5, 0.6) is 0 Å². The highest BCUT2D eigenvalue weighted by Crippen LogP contribution is 2.51. The van der Waals surface area contributed by atoms with Gasteiger partial charge in [-0.15, -0.1) is 23.1 Å². The second-order valence-electron chi connectivity index (χ2n) is 9.89. The summed E-state index contributed by atoms with van der Waals surface area (Å²) in [5.41, 5.74) is 9.49. The van der Waals surface area contributed by atoms with Gasteiger partial charge in [-0.05, 0) is 30.6 Å². The number of thiazole rings is 1. The lowest BCUT2D eigenvalue weighted by Gasteiger charge is -2.46. The van der Waals surface area contributed by atoms with Gasteiger partial charge in [0.05, 0.1) is 35.6 Å². The van der Waals surface area contributed by atoms with Gasteiger partial charge in [0.2, 0.25) is 5.91 Å². The second-order valence-corrected chi connectivity index (χ2v) is 16.6. The molecule has 0 bridgehead atoms. The Bertz CT molecular complexity index is 1290. The SMILES string of the molecule is CC[Si](CC)(CC)O[C@H](CN=[N+]=[N-])CSc1ncn2cc(C3=C(C(=O)O)N4C(=O)[C@H]([C@@H](C)O)[C@H]4[C@H]3C)sc12. The Balaban J connectivity index is 1.60. The molecule has 1 saturated heterocycles. The fourth-order valence-electron chi connectivity index (χ4n) is 5.67. The molecule has 0 aromatic carbocycles. The van der Waals surface area contributed by atoms with Crippen molar-refractivity contribution in [2.45, 2.75) is 76.0 Å². The Morgan fingerprint density at radius 3 is 2.63 bits per heavy atom. The van der Waals surface area contributed by atoms with E-state index in [2.05, 4.69) is 35.8 Å². The van der Waals surface area contributed by atoms with E-state index in [1.165, 1.54) is 28.0 Å². The van der Waals surface area contributed by atoms with Gasteiger partial charge in [0.1, 0.15) is 21.9 Å². The fraction of sp³-hybridized carbons (Fsp3) is 0.625. The van der Waals surface area contributed by atoms with E-state index < -0.39 is 26.3 Å². The number of thioether (sulfide) groups is 1. The quantitative estimate of drug-likeness (QED) is 0.0861. The molecule has 206 valence electrons. The van der Waals surface area contributed by atoms with Crippen LogP contribution in [0.4, 0.5) is 0 Å². The van der Waals surface area contributed by atoms with Crippen molar-refractivity contribution in [3.05, 3.63) is 33.5 Å². The van der Waals surface area contributed by atoms with Crippen molar-refractivity contribution in [2.75, 3.05) is 12.3 Å². The van der Waals surface area contributed by atoms with Crippen LogP contribution in [-0.2, 0) is 14.0 Å². The minimum absolute atomic E-state index is 0.00103. The summed E-state index contributed by atoms with van der Waals surface area (Å²) in [5.74, 6) is -1.75. The number of carbonyl (C=O) groups excluding carboxylic acids is 1. The maximum atomic E-state index is 12.7. The van der Waals surface area contributed by atoms with Gasteiger partial charge in [0, 0.05) is 28.4 Å². The summed E-state index contributed by atoms with van der Waals surface area (Å²) >= 11 is 2.97. The summed E-state index contributed by atoms with van der Waals surface area (Å²) in [6.07, 6.45) is 2.49. The third-order valence-electron chi connectivity index (χ3n) is 7.92. The number of fused-ring (bicyclic) bond motifs is 2. The summed E-state index contributed by atoms with van der Waals surface area (Å²) in [5, 5.41) is 24.7. The molecule has 1 fully saturated rings. The van der Waals surface area contributed by atoms with Crippen LogP contribution in [0, 0.1) is 11.8 Å². The van der Waals surface area contributed by atoms with Crippen LogP contribution in [0.15, 0.2) is 28.4 Å². The number of amides is 1. The van der Waals surface area contributed by atoms with Gasteiger partial charge in [0.15, 0.2) is 8.32 Å². The van der Waals surface area contributed by atoms with Gasteiger partial charge in [-0.3, -0.25) is 9.20 Å². The Morgan fingerprint density at radius 2 is 2.05 bits per heavy atom. The number of nitrogens with zero attached hydrogens (tertiary/aromatic N) is 6. The number of imidazole rings is 1. The van der Waals surface area contributed by atoms with Crippen LogP contribution in [0.2, 0.25) is 18.1 Å². The average Bonchev–Trinajstić information content (AvgIpc) is 3.54. The van der Waals surface area contributed by atoms with Gasteiger partial charge >= 0.3 is 5.97 Å². The van der Waals surface area contributed by atoms with Crippen LogP contribution in [0.1, 0.15) is 39.5 Å². The first kappa shape index (κ1) is 28.6. The number of aromatic nitrogens is 2. The molecular formula is C24H34N6O5S2Si. The van der Waals surface area contributed by atoms with Crippen molar-refractivity contribution in [3.63, 3.8) is 0 Å².